The fourth-order valence-corrected chi connectivity index (χ4v) is 4.14. The van der Waals surface area contributed by atoms with Crippen molar-refractivity contribution in [3.05, 3.63) is 89.9 Å². The Hall–Kier alpha value is -2.99. The summed E-state index contributed by atoms with van der Waals surface area (Å²) in [6, 6.07) is 16.1. The van der Waals surface area contributed by atoms with Crippen LogP contribution in [-0.4, -0.2) is 46.4 Å². The van der Waals surface area contributed by atoms with E-state index in [4.69, 9.17) is 4.42 Å². The number of rotatable bonds is 8. The number of amides is 1. The summed E-state index contributed by atoms with van der Waals surface area (Å²) in [5, 5.41) is 0. The Bertz CT molecular complexity index is 937. The third kappa shape index (κ3) is 6.01. The lowest BCUT2D eigenvalue weighted by atomic mass is 10.0. The van der Waals surface area contributed by atoms with Crippen LogP contribution < -0.4 is 0 Å². The van der Waals surface area contributed by atoms with E-state index in [1.54, 1.807) is 18.4 Å². The van der Waals surface area contributed by atoms with E-state index in [1.807, 2.05) is 35.4 Å². The molecular weight excluding hydrogens is 393 g/mol. The maximum Gasteiger partial charge on any atom is 0.227 e. The average molecular weight is 422 g/mol. The largest absolute Gasteiger partial charge is 0.467 e. The summed E-state index contributed by atoms with van der Waals surface area (Å²) in [5.41, 5.74) is 1.93. The molecule has 3 aromatic rings. The number of carbonyl (C=O) groups excluding carboxylic acids is 1. The lowest BCUT2D eigenvalue weighted by molar-refractivity contribution is -0.134. The Morgan fingerprint density at radius 2 is 1.90 bits per heavy atom. The fourth-order valence-electron chi connectivity index (χ4n) is 4.14. The van der Waals surface area contributed by atoms with Crippen LogP contribution in [0.4, 0.5) is 4.39 Å². The van der Waals surface area contributed by atoms with Crippen LogP contribution in [0.25, 0.3) is 0 Å². The smallest absolute Gasteiger partial charge is 0.227 e. The van der Waals surface area contributed by atoms with Gasteiger partial charge >= 0.3 is 0 Å². The first-order chi connectivity index (χ1) is 15.2. The summed E-state index contributed by atoms with van der Waals surface area (Å²) in [6.45, 7) is 3.35. The van der Waals surface area contributed by atoms with Crippen LogP contribution in [0.1, 0.15) is 29.9 Å². The number of piperidine rings is 1. The summed E-state index contributed by atoms with van der Waals surface area (Å²) in [6.07, 6.45) is 6.53. The van der Waals surface area contributed by atoms with Crippen molar-refractivity contribution in [1.29, 1.82) is 0 Å². The summed E-state index contributed by atoms with van der Waals surface area (Å²) in [7, 11) is 0. The molecule has 0 saturated carbocycles. The minimum atomic E-state index is -0.290. The van der Waals surface area contributed by atoms with Gasteiger partial charge < -0.3 is 14.2 Å². The third-order valence-corrected chi connectivity index (χ3v) is 5.90. The van der Waals surface area contributed by atoms with Crippen LogP contribution in [0.2, 0.25) is 0 Å². The summed E-state index contributed by atoms with van der Waals surface area (Å²) >= 11 is 0. The summed E-state index contributed by atoms with van der Waals surface area (Å²) in [5.74, 6) is 0.543. The van der Waals surface area contributed by atoms with Gasteiger partial charge in [-0.2, -0.15) is 0 Å². The number of nitrogens with zero attached hydrogens (tertiary/aromatic N) is 3. The predicted molar refractivity (Wildman–Crippen MR) is 117 cm³/mol. The minimum Gasteiger partial charge on any atom is -0.467 e. The Balaban J connectivity index is 1.36. The van der Waals surface area contributed by atoms with Gasteiger partial charge in [0.15, 0.2) is 0 Å². The molecule has 162 valence electrons. The molecule has 0 unspecified atom stereocenters. The van der Waals surface area contributed by atoms with Crippen molar-refractivity contribution in [3.8, 4) is 0 Å². The quantitative estimate of drug-likeness (QED) is 0.550. The van der Waals surface area contributed by atoms with Crippen LogP contribution in [-0.2, 0) is 24.2 Å². The molecule has 6 heteroatoms. The number of hydrogen-bond acceptors (Lipinski definition) is 4. The number of benzene rings is 1. The number of halogens is 1. The summed E-state index contributed by atoms with van der Waals surface area (Å²) in [4.78, 5) is 22.0. The number of furan rings is 1. The number of hydrogen-bond donors (Lipinski definition) is 0. The van der Waals surface area contributed by atoms with Gasteiger partial charge in [-0.15, -0.1) is 0 Å². The normalized spacial score (nSPS) is 15.1. The van der Waals surface area contributed by atoms with Crippen LogP contribution in [0.3, 0.4) is 0 Å². The standard InChI is InChI=1S/C25H28FN3O2/c26-21-8-6-20(7-9-21)18-25(30)29(19-24-5-3-17-31-24)23-11-15-28(16-12-23)14-10-22-4-1-2-13-27-22/h1-9,13,17,23H,10-12,14-16,18-19H2. The molecule has 1 aliphatic heterocycles. The zero-order valence-corrected chi connectivity index (χ0v) is 17.6. The third-order valence-electron chi connectivity index (χ3n) is 5.90. The van der Waals surface area contributed by atoms with Crippen molar-refractivity contribution < 1.29 is 13.6 Å². The Kier molecular flexibility index (Phi) is 7.10. The highest BCUT2D eigenvalue weighted by Gasteiger charge is 2.28. The van der Waals surface area contributed by atoms with Crippen molar-refractivity contribution in [3.63, 3.8) is 0 Å². The highest BCUT2D eigenvalue weighted by atomic mass is 19.1. The monoisotopic (exact) mass is 421 g/mol. The SMILES string of the molecule is O=C(Cc1ccc(F)cc1)N(Cc1ccco1)C1CCN(CCc2ccccn2)CC1. The van der Waals surface area contributed by atoms with E-state index < -0.39 is 0 Å². The maximum atomic E-state index is 13.2. The molecule has 1 amide bonds. The molecule has 0 aliphatic carbocycles. The van der Waals surface area contributed by atoms with Gasteiger partial charge in [0, 0.05) is 44.0 Å². The van der Waals surface area contributed by atoms with Crippen molar-refractivity contribution in [1.82, 2.24) is 14.8 Å². The second kappa shape index (κ2) is 10.4. The molecule has 3 heterocycles. The number of likely N-dealkylation sites (tertiary alicyclic amines) is 1. The molecule has 4 rings (SSSR count). The molecule has 2 aromatic heterocycles. The van der Waals surface area contributed by atoms with Gasteiger partial charge in [-0.1, -0.05) is 18.2 Å². The second-order valence-corrected chi connectivity index (χ2v) is 8.05. The lowest BCUT2D eigenvalue weighted by Crippen LogP contribution is -2.47. The molecule has 0 spiro atoms. The van der Waals surface area contributed by atoms with Crippen molar-refractivity contribution in [2.75, 3.05) is 19.6 Å². The van der Waals surface area contributed by atoms with E-state index in [9.17, 15) is 9.18 Å². The van der Waals surface area contributed by atoms with Crippen LogP contribution in [0.15, 0.2) is 71.5 Å². The molecule has 1 saturated heterocycles. The van der Waals surface area contributed by atoms with Gasteiger partial charge in [0.2, 0.25) is 5.91 Å². The second-order valence-electron chi connectivity index (χ2n) is 8.05. The van der Waals surface area contributed by atoms with Crippen molar-refractivity contribution in [2.45, 2.75) is 38.3 Å². The highest BCUT2D eigenvalue weighted by Crippen LogP contribution is 2.21. The number of aromatic nitrogens is 1. The predicted octanol–water partition coefficient (Wildman–Crippen LogP) is 4.09. The number of carbonyl (C=O) groups is 1. The van der Waals surface area contributed by atoms with E-state index >= 15 is 0 Å². The van der Waals surface area contributed by atoms with Gasteiger partial charge in [-0.25, -0.2) is 4.39 Å². The molecule has 0 radical (unpaired) electrons. The zero-order chi connectivity index (χ0) is 21.5. The zero-order valence-electron chi connectivity index (χ0n) is 17.6. The van der Waals surface area contributed by atoms with E-state index in [-0.39, 0.29) is 24.2 Å². The van der Waals surface area contributed by atoms with Crippen LogP contribution >= 0.6 is 0 Å². The van der Waals surface area contributed by atoms with E-state index in [1.165, 1.54) is 12.1 Å². The fraction of sp³-hybridized carbons (Fsp3) is 0.360. The molecule has 1 fully saturated rings. The first-order valence-corrected chi connectivity index (χ1v) is 10.9. The molecule has 0 bridgehead atoms. The molecule has 0 atom stereocenters. The average Bonchev–Trinajstić information content (AvgIpc) is 3.32. The number of pyridine rings is 1. The van der Waals surface area contributed by atoms with E-state index in [0.29, 0.717) is 6.54 Å². The van der Waals surface area contributed by atoms with E-state index in [0.717, 1.165) is 55.9 Å². The Labute approximate surface area is 182 Å². The van der Waals surface area contributed by atoms with Gasteiger partial charge in [0.25, 0.3) is 0 Å². The van der Waals surface area contributed by atoms with Gasteiger partial charge in [0.05, 0.1) is 19.2 Å². The van der Waals surface area contributed by atoms with Gasteiger partial charge in [0.1, 0.15) is 11.6 Å². The Morgan fingerprint density at radius 1 is 1.10 bits per heavy atom. The molecule has 31 heavy (non-hydrogen) atoms. The van der Waals surface area contributed by atoms with Gasteiger partial charge in [-0.3, -0.25) is 9.78 Å². The van der Waals surface area contributed by atoms with Gasteiger partial charge in [-0.05, 0) is 54.8 Å². The summed E-state index contributed by atoms with van der Waals surface area (Å²) < 4.78 is 18.7. The van der Waals surface area contributed by atoms with Crippen LogP contribution in [0.5, 0.6) is 0 Å². The first kappa shape index (κ1) is 21.2. The molecular formula is C25H28FN3O2. The Morgan fingerprint density at radius 3 is 2.58 bits per heavy atom. The molecule has 1 aliphatic rings. The topological polar surface area (TPSA) is 49.6 Å². The van der Waals surface area contributed by atoms with E-state index in [2.05, 4.69) is 16.0 Å². The van der Waals surface area contributed by atoms with Crippen LogP contribution in [0, 0.1) is 5.82 Å². The lowest BCUT2D eigenvalue weighted by Gasteiger charge is -2.38. The molecule has 5 nitrogen and oxygen atoms in total. The minimum absolute atomic E-state index is 0.0509. The molecule has 0 N–H and O–H groups in total. The highest BCUT2D eigenvalue weighted by molar-refractivity contribution is 5.79. The van der Waals surface area contributed by atoms with Crippen molar-refractivity contribution in [2.24, 2.45) is 0 Å². The maximum absolute atomic E-state index is 13.2. The van der Waals surface area contributed by atoms with Crippen molar-refractivity contribution >= 4 is 5.91 Å². The molecule has 1 aromatic carbocycles. The first-order valence-electron chi connectivity index (χ1n) is 10.9.